The molecule has 1 aromatic carbocycles. The van der Waals surface area contributed by atoms with Gasteiger partial charge in [0.15, 0.2) is 0 Å². The van der Waals surface area contributed by atoms with Crippen LogP contribution in [0.5, 0.6) is 0 Å². The standard InChI is InChI=1S/C16H26N2O2/c1-12-7-5-9-15(14(12)3)17-16(20)11-18(4)10-6-8-13(2)19/h5,7,9,13,19H,6,8,10-11H2,1-4H3,(H,17,20)/t13-/m1/s1. The smallest absolute Gasteiger partial charge is 0.238 e. The molecule has 1 rings (SSSR count). The van der Waals surface area contributed by atoms with Gasteiger partial charge in [-0.05, 0) is 64.4 Å². The molecule has 0 bridgehead atoms. The van der Waals surface area contributed by atoms with Gasteiger partial charge in [-0.2, -0.15) is 0 Å². The first kappa shape index (κ1) is 16.7. The van der Waals surface area contributed by atoms with Crippen LogP contribution in [0.2, 0.25) is 0 Å². The van der Waals surface area contributed by atoms with E-state index in [1.807, 2.05) is 44.0 Å². The normalized spacial score (nSPS) is 12.5. The Kier molecular flexibility index (Phi) is 6.68. The molecule has 1 atom stereocenters. The zero-order chi connectivity index (χ0) is 15.1. The molecule has 0 saturated heterocycles. The van der Waals surface area contributed by atoms with Crippen molar-refractivity contribution in [2.45, 2.75) is 39.7 Å². The molecule has 0 aliphatic carbocycles. The molecule has 0 unspecified atom stereocenters. The van der Waals surface area contributed by atoms with E-state index in [1.165, 1.54) is 5.56 Å². The molecule has 0 aliphatic rings. The summed E-state index contributed by atoms with van der Waals surface area (Å²) >= 11 is 0. The van der Waals surface area contributed by atoms with E-state index in [4.69, 9.17) is 0 Å². The van der Waals surface area contributed by atoms with Crippen molar-refractivity contribution in [3.05, 3.63) is 29.3 Å². The number of nitrogens with zero attached hydrogens (tertiary/aromatic N) is 1. The number of hydrogen-bond donors (Lipinski definition) is 2. The van der Waals surface area contributed by atoms with E-state index in [-0.39, 0.29) is 12.0 Å². The Morgan fingerprint density at radius 3 is 2.75 bits per heavy atom. The summed E-state index contributed by atoms with van der Waals surface area (Å²) in [4.78, 5) is 14.0. The fraction of sp³-hybridized carbons (Fsp3) is 0.562. The molecule has 0 aromatic heterocycles. The Bertz CT molecular complexity index is 444. The summed E-state index contributed by atoms with van der Waals surface area (Å²) in [6.45, 7) is 7.01. The number of rotatable bonds is 7. The highest BCUT2D eigenvalue weighted by Crippen LogP contribution is 2.17. The van der Waals surface area contributed by atoms with Crippen molar-refractivity contribution in [3.63, 3.8) is 0 Å². The molecule has 4 nitrogen and oxygen atoms in total. The fourth-order valence-electron chi connectivity index (χ4n) is 2.06. The first-order valence-corrected chi connectivity index (χ1v) is 7.13. The van der Waals surface area contributed by atoms with E-state index in [0.29, 0.717) is 6.54 Å². The van der Waals surface area contributed by atoms with Gasteiger partial charge in [0.05, 0.1) is 12.6 Å². The van der Waals surface area contributed by atoms with Gasteiger partial charge in [0.25, 0.3) is 0 Å². The molecule has 112 valence electrons. The lowest BCUT2D eigenvalue weighted by molar-refractivity contribution is -0.117. The van der Waals surface area contributed by atoms with Crippen LogP contribution in [0, 0.1) is 13.8 Å². The second-order valence-electron chi connectivity index (χ2n) is 5.52. The Morgan fingerprint density at radius 2 is 2.10 bits per heavy atom. The predicted octanol–water partition coefficient (Wildman–Crippen LogP) is 2.33. The zero-order valence-electron chi connectivity index (χ0n) is 12.9. The largest absolute Gasteiger partial charge is 0.393 e. The Balaban J connectivity index is 2.41. The summed E-state index contributed by atoms with van der Waals surface area (Å²) in [5.74, 6) is -0.00162. The van der Waals surface area contributed by atoms with Gasteiger partial charge in [0.1, 0.15) is 0 Å². The van der Waals surface area contributed by atoms with Crippen molar-refractivity contribution in [1.29, 1.82) is 0 Å². The van der Waals surface area contributed by atoms with Gasteiger partial charge in [-0.3, -0.25) is 9.69 Å². The maximum atomic E-state index is 12.0. The highest BCUT2D eigenvalue weighted by Gasteiger charge is 2.09. The van der Waals surface area contributed by atoms with Gasteiger partial charge in [-0.15, -0.1) is 0 Å². The van der Waals surface area contributed by atoms with Gasteiger partial charge >= 0.3 is 0 Å². The van der Waals surface area contributed by atoms with Crippen LogP contribution in [0.25, 0.3) is 0 Å². The minimum absolute atomic E-state index is 0.00162. The molecule has 20 heavy (non-hydrogen) atoms. The summed E-state index contributed by atoms with van der Waals surface area (Å²) in [5, 5.41) is 12.2. The van der Waals surface area contributed by atoms with Crippen LogP contribution < -0.4 is 5.32 Å². The third-order valence-corrected chi connectivity index (χ3v) is 3.45. The minimum Gasteiger partial charge on any atom is -0.393 e. The summed E-state index contributed by atoms with van der Waals surface area (Å²) in [6.07, 6.45) is 1.39. The summed E-state index contributed by atoms with van der Waals surface area (Å²) in [5.41, 5.74) is 3.16. The van der Waals surface area contributed by atoms with Crippen LogP contribution in [0.3, 0.4) is 0 Å². The maximum Gasteiger partial charge on any atom is 0.238 e. The van der Waals surface area contributed by atoms with Gasteiger partial charge < -0.3 is 10.4 Å². The van der Waals surface area contributed by atoms with Gasteiger partial charge in [-0.1, -0.05) is 12.1 Å². The van der Waals surface area contributed by atoms with E-state index >= 15 is 0 Å². The average Bonchev–Trinajstić information content (AvgIpc) is 2.34. The van der Waals surface area contributed by atoms with Crippen LogP contribution >= 0.6 is 0 Å². The van der Waals surface area contributed by atoms with Gasteiger partial charge in [-0.25, -0.2) is 0 Å². The molecular weight excluding hydrogens is 252 g/mol. The Hall–Kier alpha value is -1.39. The first-order chi connectivity index (χ1) is 9.40. The average molecular weight is 278 g/mol. The fourth-order valence-corrected chi connectivity index (χ4v) is 2.06. The molecule has 4 heteroatoms. The lowest BCUT2D eigenvalue weighted by atomic mass is 10.1. The number of carbonyl (C=O) groups is 1. The summed E-state index contributed by atoms with van der Waals surface area (Å²) in [6, 6.07) is 5.91. The number of nitrogens with one attached hydrogen (secondary N) is 1. The van der Waals surface area contributed by atoms with E-state index in [9.17, 15) is 9.90 Å². The highest BCUT2D eigenvalue weighted by atomic mass is 16.3. The van der Waals surface area contributed by atoms with Crippen molar-refractivity contribution in [3.8, 4) is 0 Å². The lowest BCUT2D eigenvalue weighted by Crippen LogP contribution is -2.31. The highest BCUT2D eigenvalue weighted by molar-refractivity contribution is 5.93. The second kappa shape index (κ2) is 8.02. The number of benzene rings is 1. The van der Waals surface area contributed by atoms with Crippen molar-refractivity contribution >= 4 is 11.6 Å². The number of aryl methyl sites for hydroxylation is 1. The number of aliphatic hydroxyl groups excluding tert-OH is 1. The van der Waals surface area contributed by atoms with Crippen molar-refractivity contribution in [2.24, 2.45) is 0 Å². The zero-order valence-corrected chi connectivity index (χ0v) is 12.9. The quantitative estimate of drug-likeness (QED) is 0.805. The molecule has 0 saturated carbocycles. The van der Waals surface area contributed by atoms with Crippen LogP contribution in [0.4, 0.5) is 5.69 Å². The van der Waals surface area contributed by atoms with Gasteiger partial charge in [0.2, 0.25) is 5.91 Å². The van der Waals surface area contributed by atoms with Crippen LogP contribution in [-0.2, 0) is 4.79 Å². The van der Waals surface area contributed by atoms with Crippen molar-refractivity contribution in [1.82, 2.24) is 4.90 Å². The minimum atomic E-state index is -0.271. The first-order valence-electron chi connectivity index (χ1n) is 7.13. The number of carbonyl (C=O) groups excluding carboxylic acids is 1. The topological polar surface area (TPSA) is 52.6 Å². The molecule has 0 spiro atoms. The molecule has 0 radical (unpaired) electrons. The third kappa shape index (κ3) is 5.72. The lowest BCUT2D eigenvalue weighted by Gasteiger charge is -2.17. The van der Waals surface area contributed by atoms with E-state index in [0.717, 1.165) is 30.6 Å². The van der Waals surface area contributed by atoms with E-state index < -0.39 is 0 Å². The third-order valence-electron chi connectivity index (χ3n) is 3.45. The number of amides is 1. The molecular formula is C16H26N2O2. The van der Waals surface area contributed by atoms with Crippen LogP contribution in [0.1, 0.15) is 30.9 Å². The van der Waals surface area contributed by atoms with E-state index in [2.05, 4.69) is 5.32 Å². The van der Waals surface area contributed by atoms with Crippen molar-refractivity contribution < 1.29 is 9.90 Å². The number of likely N-dealkylation sites (N-methyl/N-ethyl adjacent to an activating group) is 1. The Labute approximate surface area is 121 Å². The number of anilines is 1. The molecule has 0 fully saturated rings. The summed E-state index contributed by atoms with van der Waals surface area (Å²) < 4.78 is 0. The molecule has 0 aliphatic heterocycles. The number of hydrogen-bond acceptors (Lipinski definition) is 3. The Morgan fingerprint density at radius 1 is 1.40 bits per heavy atom. The molecule has 2 N–H and O–H groups in total. The molecule has 1 aromatic rings. The van der Waals surface area contributed by atoms with Crippen LogP contribution in [-0.4, -0.2) is 42.2 Å². The summed E-state index contributed by atoms with van der Waals surface area (Å²) in [7, 11) is 1.92. The predicted molar refractivity (Wildman–Crippen MR) is 83.0 cm³/mol. The monoisotopic (exact) mass is 278 g/mol. The van der Waals surface area contributed by atoms with Crippen molar-refractivity contribution in [2.75, 3.05) is 25.5 Å². The second-order valence-corrected chi connectivity index (χ2v) is 5.52. The van der Waals surface area contributed by atoms with E-state index in [1.54, 1.807) is 6.92 Å². The number of aliphatic hydroxyl groups is 1. The SMILES string of the molecule is Cc1cccc(NC(=O)CN(C)CCC[C@@H](C)O)c1C. The molecule has 0 heterocycles. The van der Waals surface area contributed by atoms with Crippen LogP contribution in [0.15, 0.2) is 18.2 Å². The maximum absolute atomic E-state index is 12.0. The molecule has 1 amide bonds. The van der Waals surface area contributed by atoms with Gasteiger partial charge in [0, 0.05) is 5.69 Å².